The molecule has 2 rings (SSSR count). The number of hydrogen-bond donors (Lipinski definition) is 2. The van der Waals surface area contributed by atoms with E-state index in [1.54, 1.807) is 0 Å². The average Bonchev–Trinajstić information content (AvgIpc) is 2.86. The van der Waals surface area contributed by atoms with E-state index in [4.69, 9.17) is 0 Å². The van der Waals surface area contributed by atoms with Crippen LogP contribution in [0.25, 0.3) is 0 Å². The third-order valence-electron chi connectivity index (χ3n) is 5.65. The van der Waals surface area contributed by atoms with Crippen molar-refractivity contribution < 1.29 is 14.7 Å². The fourth-order valence-corrected chi connectivity index (χ4v) is 4.21. The summed E-state index contributed by atoms with van der Waals surface area (Å²) in [6.45, 7) is 6.53. The highest BCUT2D eigenvalue weighted by molar-refractivity contribution is 5.85. The molecule has 0 spiro atoms. The summed E-state index contributed by atoms with van der Waals surface area (Å²) in [4.78, 5) is 23.9. The van der Waals surface area contributed by atoms with Crippen molar-refractivity contribution >= 4 is 11.9 Å². The van der Waals surface area contributed by atoms with Gasteiger partial charge in [0, 0.05) is 6.04 Å². The molecule has 4 nitrogen and oxygen atoms in total. The summed E-state index contributed by atoms with van der Waals surface area (Å²) in [5.74, 6) is -0.0567. The van der Waals surface area contributed by atoms with Crippen LogP contribution in [-0.4, -0.2) is 23.0 Å². The molecule has 0 saturated heterocycles. The summed E-state index contributed by atoms with van der Waals surface area (Å²) >= 11 is 0. The number of amides is 1. The molecule has 0 aromatic heterocycles. The Labute approximate surface area is 127 Å². The summed E-state index contributed by atoms with van der Waals surface area (Å²) in [5, 5.41) is 12.5. The number of rotatable bonds is 4. The van der Waals surface area contributed by atoms with E-state index in [1.165, 1.54) is 0 Å². The van der Waals surface area contributed by atoms with Gasteiger partial charge in [-0.3, -0.25) is 9.59 Å². The van der Waals surface area contributed by atoms with Crippen LogP contribution in [0.3, 0.4) is 0 Å². The SMILES string of the molecule is CCC1CC(C(=O)O)C(C(=O)NC2CCC(C)CC2C)C1. The minimum Gasteiger partial charge on any atom is -0.481 e. The third kappa shape index (κ3) is 3.78. The van der Waals surface area contributed by atoms with Crippen LogP contribution < -0.4 is 5.32 Å². The van der Waals surface area contributed by atoms with Crippen molar-refractivity contribution in [2.45, 2.75) is 65.3 Å². The molecular formula is C17H29NO3. The number of carbonyl (C=O) groups is 2. The van der Waals surface area contributed by atoms with E-state index in [1.807, 2.05) is 0 Å². The number of aliphatic carboxylic acids is 1. The van der Waals surface area contributed by atoms with Gasteiger partial charge in [-0.1, -0.05) is 27.2 Å². The molecule has 0 aromatic carbocycles. The maximum absolute atomic E-state index is 12.5. The second-order valence-electron chi connectivity index (χ2n) is 7.31. The van der Waals surface area contributed by atoms with Gasteiger partial charge < -0.3 is 10.4 Å². The molecule has 6 unspecified atom stereocenters. The minimum atomic E-state index is -0.809. The highest BCUT2D eigenvalue weighted by atomic mass is 16.4. The van der Waals surface area contributed by atoms with E-state index in [0.717, 1.165) is 38.0 Å². The maximum Gasteiger partial charge on any atom is 0.307 e. The first-order valence-corrected chi connectivity index (χ1v) is 8.45. The lowest BCUT2D eigenvalue weighted by Crippen LogP contribution is -2.46. The van der Waals surface area contributed by atoms with Gasteiger partial charge in [0.1, 0.15) is 0 Å². The lowest BCUT2D eigenvalue weighted by atomic mass is 9.79. The van der Waals surface area contributed by atoms with Crippen molar-refractivity contribution in [1.82, 2.24) is 5.32 Å². The highest BCUT2D eigenvalue weighted by Crippen LogP contribution is 2.39. The second-order valence-corrected chi connectivity index (χ2v) is 7.31. The molecule has 120 valence electrons. The second kappa shape index (κ2) is 6.80. The molecule has 0 radical (unpaired) electrons. The molecule has 0 bridgehead atoms. The van der Waals surface area contributed by atoms with Gasteiger partial charge in [0.2, 0.25) is 5.91 Å². The fraction of sp³-hybridized carbons (Fsp3) is 0.882. The van der Waals surface area contributed by atoms with Gasteiger partial charge in [-0.15, -0.1) is 0 Å². The largest absolute Gasteiger partial charge is 0.481 e. The van der Waals surface area contributed by atoms with Gasteiger partial charge in [-0.25, -0.2) is 0 Å². The normalized spacial score (nSPS) is 40.0. The molecule has 2 aliphatic carbocycles. The molecule has 21 heavy (non-hydrogen) atoms. The Bertz CT molecular complexity index is 395. The van der Waals surface area contributed by atoms with Gasteiger partial charge in [-0.2, -0.15) is 0 Å². The zero-order valence-corrected chi connectivity index (χ0v) is 13.5. The lowest BCUT2D eigenvalue weighted by molar-refractivity contribution is -0.146. The first-order valence-electron chi connectivity index (χ1n) is 8.45. The summed E-state index contributed by atoms with van der Waals surface area (Å²) in [6.07, 6.45) is 5.67. The van der Waals surface area contributed by atoms with Crippen molar-refractivity contribution in [3.63, 3.8) is 0 Å². The summed E-state index contributed by atoms with van der Waals surface area (Å²) in [7, 11) is 0. The van der Waals surface area contributed by atoms with Crippen molar-refractivity contribution in [2.75, 3.05) is 0 Å². The average molecular weight is 295 g/mol. The van der Waals surface area contributed by atoms with E-state index < -0.39 is 11.9 Å². The molecule has 0 heterocycles. The van der Waals surface area contributed by atoms with Crippen molar-refractivity contribution in [1.29, 1.82) is 0 Å². The number of carboxylic acids is 1. The first kappa shape index (κ1) is 16.3. The van der Waals surface area contributed by atoms with Crippen LogP contribution in [0.5, 0.6) is 0 Å². The number of nitrogens with one attached hydrogen (secondary N) is 1. The summed E-state index contributed by atoms with van der Waals surface area (Å²) in [5.41, 5.74) is 0. The van der Waals surface area contributed by atoms with Crippen molar-refractivity contribution in [3.05, 3.63) is 0 Å². The molecule has 2 fully saturated rings. The van der Waals surface area contributed by atoms with E-state index in [-0.39, 0.29) is 17.9 Å². The molecule has 6 atom stereocenters. The van der Waals surface area contributed by atoms with E-state index in [9.17, 15) is 14.7 Å². The van der Waals surface area contributed by atoms with Crippen LogP contribution in [0.4, 0.5) is 0 Å². The van der Waals surface area contributed by atoms with E-state index in [0.29, 0.717) is 18.3 Å². The zero-order valence-electron chi connectivity index (χ0n) is 13.5. The van der Waals surface area contributed by atoms with Crippen molar-refractivity contribution in [3.8, 4) is 0 Å². The van der Waals surface area contributed by atoms with Gasteiger partial charge in [0.15, 0.2) is 0 Å². The molecule has 2 aliphatic rings. The Hall–Kier alpha value is -1.06. The Morgan fingerprint density at radius 3 is 2.33 bits per heavy atom. The molecule has 0 aromatic rings. The Morgan fingerprint density at radius 1 is 1.10 bits per heavy atom. The molecule has 2 saturated carbocycles. The standard InChI is InChI=1S/C17H29NO3/c1-4-12-8-13(14(9-12)17(20)21)16(19)18-15-6-5-10(2)7-11(15)3/h10-15H,4-9H2,1-3H3,(H,18,19)(H,20,21). The molecule has 0 aliphatic heterocycles. The Kier molecular flexibility index (Phi) is 5.28. The minimum absolute atomic E-state index is 0.0234. The quantitative estimate of drug-likeness (QED) is 0.837. The Morgan fingerprint density at radius 2 is 1.76 bits per heavy atom. The van der Waals surface area contributed by atoms with Gasteiger partial charge >= 0.3 is 5.97 Å². The molecule has 4 heteroatoms. The Balaban J connectivity index is 1.97. The molecular weight excluding hydrogens is 266 g/mol. The van der Waals surface area contributed by atoms with Crippen LogP contribution in [0.15, 0.2) is 0 Å². The fourth-order valence-electron chi connectivity index (χ4n) is 4.21. The zero-order chi connectivity index (χ0) is 15.6. The van der Waals surface area contributed by atoms with E-state index >= 15 is 0 Å². The molecule has 2 N–H and O–H groups in total. The number of carbonyl (C=O) groups excluding carboxylic acids is 1. The van der Waals surface area contributed by atoms with Crippen LogP contribution in [0, 0.1) is 29.6 Å². The van der Waals surface area contributed by atoms with E-state index in [2.05, 4.69) is 26.1 Å². The topological polar surface area (TPSA) is 66.4 Å². The first-order chi connectivity index (χ1) is 9.92. The van der Waals surface area contributed by atoms with Crippen LogP contribution in [0.1, 0.15) is 59.3 Å². The van der Waals surface area contributed by atoms with Crippen LogP contribution >= 0.6 is 0 Å². The van der Waals surface area contributed by atoms with Gasteiger partial charge in [-0.05, 0) is 49.9 Å². The maximum atomic E-state index is 12.5. The monoisotopic (exact) mass is 295 g/mol. The summed E-state index contributed by atoms with van der Waals surface area (Å²) < 4.78 is 0. The number of hydrogen-bond acceptors (Lipinski definition) is 2. The van der Waals surface area contributed by atoms with Gasteiger partial charge in [0.25, 0.3) is 0 Å². The van der Waals surface area contributed by atoms with Crippen molar-refractivity contribution in [2.24, 2.45) is 29.6 Å². The lowest BCUT2D eigenvalue weighted by Gasteiger charge is -2.34. The summed E-state index contributed by atoms with van der Waals surface area (Å²) in [6, 6.07) is 0.226. The predicted octanol–water partition coefficient (Wildman–Crippen LogP) is 3.06. The van der Waals surface area contributed by atoms with Crippen LogP contribution in [-0.2, 0) is 9.59 Å². The molecule has 1 amide bonds. The predicted molar refractivity (Wildman–Crippen MR) is 81.7 cm³/mol. The van der Waals surface area contributed by atoms with Crippen LogP contribution in [0.2, 0.25) is 0 Å². The smallest absolute Gasteiger partial charge is 0.307 e. The highest BCUT2D eigenvalue weighted by Gasteiger charge is 2.43. The number of carboxylic acid groups (broad SMARTS) is 1. The van der Waals surface area contributed by atoms with Gasteiger partial charge in [0.05, 0.1) is 11.8 Å². The third-order valence-corrected chi connectivity index (χ3v) is 5.65.